The third-order valence-electron chi connectivity index (χ3n) is 3.91. The molecule has 0 aliphatic rings. The summed E-state index contributed by atoms with van der Waals surface area (Å²) < 4.78 is 1.63. The summed E-state index contributed by atoms with van der Waals surface area (Å²) in [7, 11) is 0. The monoisotopic (exact) mass is 367 g/mol. The number of nitrogen functional groups attached to an aromatic ring is 1. The summed E-state index contributed by atoms with van der Waals surface area (Å²) in [6.07, 6.45) is 1.48. The predicted molar refractivity (Wildman–Crippen MR) is 104 cm³/mol. The quantitative estimate of drug-likeness (QED) is 0.620. The van der Waals surface area contributed by atoms with Crippen molar-refractivity contribution < 1.29 is 0 Å². The highest BCUT2D eigenvalue weighted by Crippen LogP contribution is 2.23. The Morgan fingerprint density at radius 3 is 2.69 bits per heavy atom. The molecule has 0 atom stereocenters. The lowest BCUT2D eigenvalue weighted by Crippen LogP contribution is -2.04. The maximum absolute atomic E-state index is 9.43. The number of aryl methyl sites for hydroxylation is 1. The van der Waals surface area contributed by atoms with Crippen molar-refractivity contribution in [3.63, 3.8) is 0 Å². The molecule has 2 heterocycles. The number of rotatable bonds is 7. The second-order valence-corrected chi connectivity index (χ2v) is 7.21. The smallest absolute Gasteiger partial charge is 0.205 e. The van der Waals surface area contributed by atoms with Crippen LogP contribution in [-0.2, 0) is 6.42 Å². The van der Waals surface area contributed by atoms with Crippen LogP contribution in [-0.4, -0.2) is 26.5 Å². The summed E-state index contributed by atoms with van der Waals surface area (Å²) in [4.78, 5) is 0. The minimum atomic E-state index is 0.381. The number of hydrogen-bond acceptors (Lipinski definition) is 7. The zero-order valence-corrected chi connectivity index (χ0v) is 15.6. The minimum absolute atomic E-state index is 0.381. The fourth-order valence-corrected chi connectivity index (χ4v) is 3.30. The molecule has 134 valence electrons. The molecule has 0 amide bonds. The van der Waals surface area contributed by atoms with Gasteiger partial charge in [-0.3, -0.25) is 0 Å². The van der Waals surface area contributed by atoms with Crippen molar-refractivity contribution in [3.05, 3.63) is 46.6 Å². The molecule has 0 aliphatic carbocycles. The van der Waals surface area contributed by atoms with Gasteiger partial charge < -0.3 is 11.1 Å². The molecule has 0 radical (unpaired) electrons. The topological polar surface area (TPSA) is 105 Å². The summed E-state index contributed by atoms with van der Waals surface area (Å²) in [5.41, 5.74) is 8.14. The molecule has 8 heteroatoms. The molecule has 0 fully saturated rings. The Bertz CT molecular complexity index is 906. The summed E-state index contributed by atoms with van der Waals surface area (Å²) in [6, 6.07) is 11.8. The third-order valence-corrected chi connectivity index (χ3v) is 5.09. The number of anilines is 2. The summed E-state index contributed by atoms with van der Waals surface area (Å²) in [5, 5.41) is 27.4. The Hall–Kier alpha value is -2.92. The average molecular weight is 367 g/mol. The highest BCUT2D eigenvalue weighted by atomic mass is 32.1. The first-order valence-electron chi connectivity index (χ1n) is 8.50. The van der Waals surface area contributed by atoms with E-state index in [9.17, 15) is 5.26 Å². The van der Waals surface area contributed by atoms with Gasteiger partial charge in [0.15, 0.2) is 0 Å². The van der Waals surface area contributed by atoms with E-state index in [1.165, 1.54) is 0 Å². The van der Waals surface area contributed by atoms with E-state index < -0.39 is 0 Å². The second-order valence-electron chi connectivity index (χ2n) is 6.20. The molecular formula is C18H21N7S. The molecule has 3 N–H and O–H groups in total. The van der Waals surface area contributed by atoms with E-state index in [2.05, 4.69) is 40.5 Å². The first kappa shape index (κ1) is 17.9. The zero-order valence-electron chi connectivity index (χ0n) is 14.8. The minimum Gasteiger partial charge on any atom is -0.382 e. The molecule has 2 aromatic heterocycles. The first-order valence-corrected chi connectivity index (χ1v) is 9.32. The van der Waals surface area contributed by atoms with Crippen molar-refractivity contribution in [1.82, 2.24) is 20.0 Å². The van der Waals surface area contributed by atoms with Crippen LogP contribution in [0.2, 0.25) is 0 Å². The van der Waals surface area contributed by atoms with Crippen molar-refractivity contribution in [2.24, 2.45) is 0 Å². The summed E-state index contributed by atoms with van der Waals surface area (Å²) >= 11 is 1.57. The third kappa shape index (κ3) is 3.83. The number of nitrogens with zero attached hydrogens (tertiary/aromatic N) is 5. The fraction of sp³-hybridized carbons (Fsp3) is 0.333. The highest BCUT2D eigenvalue weighted by molar-refractivity contribution is 7.15. The number of nitrogens with two attached hydrogens (primary N) is 1. The van der Waals surface area contributed by atoms with Gasteiger partial charge in [0.25, 0.3) is 0 Å². The van der Waals surface area contributed by atoms with E-state index in [0.29, 0.717) is 23.7 Å². The second kappa shape index (κ2) is 7.97. The number of para-hydroxylation sites is 1. The number of hydrogen-bond donors (Lipinski definition) is 2. The number of aromatic nitrogens is 4. The van der Waals surface area contributed by atoms with Crippen molar-refractivity contribution in [2.45, 2.75) is 32.6 Å². The molecule has 0 saturated carbocycles. The van der Waals surface area contributed by atoms with Crippen LogP contribution in [0, 0.1) is 11.3 Å². The molecule has 26 heavy (non-hydrogen) atoms. The largest absolute Gasteiger partial charge is 0.382 e. The molecule has 1 aromatic carbocycles. The maximum atomic E-state index is 9.43. The molecular weight excluding hydrogens is 346 g/mol. The van der Waals surface area contributed by atoms with Crippen molar-refractivity contribution >= 4 is 22.3 Å². The summed E-state index contributed by atoms with van der Waals surface area (Å²) in [6.45, 7) is 4.93. The lowest BCUT2D eigenvalue weighted by molar-refractivity contribution is 0.788. The average Bonchev–Trinajstić information content (AvgIpc) is 3.24. The number of nitriles is 1. The van der Waals surface area contributed by atoms with Crippen molar-refractivity contribution in [2.75, 3.05) is 17.6 Å². The van der Waals surface area contributed by atoms with E-state index >= 15 is 0 Å². The molecule has 7 nitrogen and oxygen atoms in total. The van der Waals surface area contributed by atoms with Gasteiger partial charge in [-0.2, -0.15) is 10.4 Å². The maximum Gasteiger partial charge on any atom is 0.205 e. The Morgan fingerprint density at radius 2 is 2.04 bits per heavy atom. The van der Waals surface area contributed by atoms with Gasteiger partial charge in [0.2, 0.25) is 5.13 Å². The highest BCUT2D eigenvalue weighted by Gasteiger charge is 2.16. The normalized spacial score (nSPS) is 10.8. The first-order chi connectivity index (χ1) is 12.6. The van der Waals surface area contributed by atoms with Gasteiger partial charge in [-0.05, 0) is 25.0 Å². The molecule has 0 spiro atoms. The zero-order chi connectivity index (χ0) is 18.5. The van der Waals surface area contributed by atoms with Gasteiger partial charge in [-0.15, -0.1) is 10.2 Å². The van der Waals surface area contributed by atoms with E-state index in [-0.39, 0.29) is 0 Å². The summed E-state index contributed by atoms with van der Waals surface area (Å²) in [5.74, 6) is 0.763. The molecule has 0 saturated heterocycles. The van der Waals surface area contributed by atoms with Crippen LogP contribution in [0.4, 0.5) is 10.9 Å². The Morgan fingerprint density at radius 1 is 1.27 bits per heavy atom. The Kier molecular flexibility index (Phi) is 5.49. The molecule has 3 rings (SSSR count). The predicted octanol–water partition coefficient (Wildman–Crippen LogP) is 3.35. The Balaban J connectivity index is 1.63. The lowest BCUT2D eigenvalue weighted by Gasteiger charge is -2.02. The fourth-order valence-electron chi connectivity index (χ4n) is 2.53. The van der Waals surface area contributed by atoms with Gasteiger partial charge in [0, 0.05) is 12.5 Å². The molecule has 0 unspecified atom stereocenters. The molecule has 0 bridgehead atoms. The van der Waals surface area contributed by atoms with Crippen molar-refractivity contribution in [1.29, 1.82) is 5.26 Å². The van der Waals surface area contributed by atoms with Gasteiger partial charge in [-0.25, -0.2) is 4.68 Å². The van der Waals surface area contributed by atoms with E-state index in [0.717, 1.165) is 34.5 Å². The number of nitrogens with one attached hydrogen (secondary N) is 1. The van der Waals surface area contributed by atoms with Crippen LogP contribution in [0.25, 0.3) is 5.69 Å². The van der Waals surface area contributed by atoms with Crippen LogP contribution in [0.15, 0.2) is 30.3 Å². The Labute approximate surface area is 156 Å². The van der Waals surface area contributed by atoms with Crippen LogP contribution >= 0.6 is 11.3 Å². The molecule has 0 aliphatic heterocycles. The lowest BCUT2D eigenvalue weighted by atomic mass is 10.1. The van der Waals surface area contributed by atoms with Gasteiger partial charge in [0.05, 0.1) is 11.4 Å². The van der Waals surface area contributed by atoms with E-state index in [1.807, 2.05) is 30.3 Å². The van der Waals surface area contributed by atoms with E-state index in [4.69, 9.17) is 5.73 Å². The van der Waals surface area contributed by atoms with Gasteiger partial charge in [-0.1, -0.05) is 43.4 Å². The van der Waals surface area contributed by atoms with Gasteiger partial charge in [0.1, 0.15) is 22.5 Å². The molecule has 3 aromatic rings. The van der Waals surface area contributed by atoms with Crippen molar-refractivity contribution in [3.8, 4) is 11.8 Å². The van der Waals surface area contributed by atoms with Crippen LogP contribution in [0.1, 0.15) is 42.5 Å². The van der Waals surface area contributed by atoms with Crippen LogP contribution in [0.3, 0.4) is 0 Å². The number of benzene rings is 1. The van der Waals surface area contributed by atoms with Gasteiger partial charge >= 0.3 is 0 Å². The standard InChI is InChI=1S/C18H21N7S/c1-12(2)17-22-23-18(26-17)21-10-6-9-15-14(11-19)16(20)25(24-15)13-7-4-3-5-8-13/h3-5,7-8,12H,6,9-10,20H2,1-2H3,(H,21,23). The SMILES string of the molecule is CC(C)c1nnc(NCCCc2nn(-c3ccccc3)c(N)c2C#N)s1. The van der Waals surface area contributed by atoms with Crippen LogP contribution in [0.5, 0.6) is 0 Å². The van der Waals surface area contributed by atoms with Crippen LogP contribution < -0.4 is 11.1 Å². The van der Waals surface area contributed by atoms with E-state index in [1.54, 1.807) is 16.0 Å².